The van der Waals surface area contributed by atoms with Crippen molar-refractivity contribution in [2.24, 2.45) is 5.92 Å². The Hall–Kier alpha value is -2.55. The normalized spacial score (nSPS) is 15.5. The third-order valence-electron chi connectivity index (χ3n) is 4.20. The van der Waals surface area contributed by atoms with E-state index in [0.29, 0.717) is 5.56 Å². The number of aliphatic carboxylic acids is 1. The standard InChI is InChI=1S/C17H18N2O6S/c20-13(15-18-16(25-19-15)12-4-2-1-3-5-12)8-9-14(17(21)22)26(23,24)10-11-6-7-11/h1-5,11,14H,6-10H2,(H,21,22). The molecule has 0 aliphatic heterocycles. The lowest BCUT2D eigenvalue weighted by atomic mass is 10.1. The molecule has 138 valence electrons. The SMILES string of the molecule is O=C(CCC(C(=O)O)S(=O)(=O)CC1CC1)c1noc(-c2ccccc2)n1. The van der Waals surface area contributed by atoms with Gasteiger partial charge in [-0.25, -0.2) is 8.42 Å². The van der Waals surface area contributed by atoms with Gasteiger partial charge in [0.05, 0.1) is 5.75 Å². The smallest absolute Gasteiger partial charge is 0.321 e. The summed E-state index contributed by atoms with van der Waals surface area (Å²) in [6, 6.07) is 8.87. The molecule has 2 aromatic rings. The third kappa shape index (κ3) is 4.34. The maximum absolute atomic E-state index is 12.2. The monoisotopic (exact) mass is 378 g/mol. The summed E-state index contributed by atoms with van der Waals surface area (Å²) in [7, 11) is -3.79. The first kappa shape index (κ1) is 18.2. The molecular weight excluding hydrogens is 360 g/mol. The molecular formula is C17H18N2O6S. The number of hydrogen-bond acceptors (Lipinski definition) is 7. The summed E-state index contributed by atoms with van der Waals surface area (Å²) in [5.41, 5.74) is 0.648. The highest BCUT2D eigenvalue weighted by atomic mass is 32.2. The number of benzene rings is 1. The Morgan fingerprint density at radius 2 is 1.92 bits per heavy atom. The van der Waals surface area contributed by atoms with Crippen LogP contribution in [0.15, 0.2) is 34.9 Å². The van der Waals surface area contributed by atoms with Crippen LogP contribution in [0.25, 0.3) is 11.5 Å². The summed E-state index contributed by atoms with van der Waals surface area (Å²) in [5.74, 6) is -2.10. The molecule has 26 heavy (non-hydrogen) atoms. The number of sulfone groups is 1. The van der Waals surface area contributed by atoms with Crippen molar-refractivity contribution >= 4 is 21.6 Å². The van der Waals surface area contributed by atoms with Crippen molar-refractivity contribution in [2.75, 3.05) is 5.75 Å². The second-order valence-electron chi connectivity index (χ2n) is 6.35. The van der Waals surface area contributed by atoms with Gasteiger partial charge >= 0.3 is 5.97 Å². The minimum atomic E-state index is -3.79. The van der Waals surface area contributed by atoms with Gasteiger partial charge in [0.1, 0.15) is 0 Å². The average molecular weight is 378 g/mol. The van der Waals surface area contributed by atoms with Gasteiger partial charge in [0.2, 0.25) is 11.6 Å². The minimum Gasteiger partial charge on any atom is -0.480 e. The zero-order valence-corrected chi connectivity index (χ0v) is 14.7. The van der Waals surface area contributed by atoms with Gasteiger partial charge in [-0.05, 0) is 37.3 Å². The molecule has 1 fully saturated rings. The fourth-order valence-electron chi connectivity index (χ4n) is 2.59. The molecule has 1 aromatic carbocycles. The van der Waals surface area contributed by atoms with Gasteiger partial charge in [0.15, 0.2) is 15.1 Å². The van der Waals surface area contributed by atoms with Crippen molar-refractivity contribution in [1.29, 1.82) is 0 Å². The molecule has 0 radical (unpaired) electrons. The number of carboxylic acid groups (broad SMARTS) is 1. The molecule has 8 nitrogen and oxygen atoms in total. The van der Waals surface area contributed by atoms with Crippen molar-refractivity contribution < 1.29 is 27.6 Å². The van der Waals surface area contributed by atoms with E-state index in [1.807, 2.05) is 6.07 Å². The predicted molar refractivity (Wildman–Crippen MR) is 91.2 cm³/mol. The van der Waals surface area contributed by atoms with Crippen LogP contribution in [0, 0.1) is 5.92 Å². The fourth-order valence-corrected chi connectivity index (χ4v) is 4.60. The molecule has 0 saturated heterocycles. The molecule has 1 atom stereocenters. The number of hydrogen-bond donors (Lipinski definition) is 1. The van der Waals surface area contributed by atoms with E-state index in [4.69, 9.17) is 4.52 Å². The van der Waals surface area contributed by atoms with Crippen LogP contribution in [-0.4, -0.2) is 46.4 Å². The summed E-state index contributed by atoms with van der Waals surface area (Å²) in [6.07, 6.45) is 1.01. The average Bonchev–Trinajstić information content (AvgIpc) is 3.25. The van der Waals surface area contributed by atoms with Crippen LogP contribution in [0.4, 0.5) is 0 Å². The van der Waals surface area contributed by atoms with Crippen LogP contribution in [0.1, 0.15) is 36.3 Å². The Morgan fingerprint density at radius 3 is 2.54 bits per heavy atom. The molecule has 1 heterocycles. The van der Waals surface area contributed by atoms with Crippen LogP contribution >= 0.6 is 0 Å². The van der Waals surface area contributed by atoms with Crippen molar-refractivity contribution in [3.8, 4) is 11.5 Å². The first-order valence-corrected chi connectivity index (χ1v) is 9.95. The molecule has 0 spiro atoms. The van der Waals surface area contributed by atoms with Crippen LogP contribution in [0.3, 0.4) is 0 Å². The zero-order chi connectivity index (χ0) is 18.7. The van der Waals surface area contributed by atoms with Crippen LogP contribution in [-0.2, 0) is 14.6 Å². The Kier molecular flexibility index (Phi) is 5.17. The molecule has 1 saturated carbocycles. The van der Waals surface area contributed by atoms with Gasteiger partial charge in [-0.15, -0.1) is 0 Å². The van der Waals surface area contributed by atoms with Crippen LogP contribution in [0.2, 0.25) is 0 Å². The predicted octanol–water partition coefficient (Wildman–Crippen LogP) is 1.98. The van der Waals surface area contributed by atoms with Crippen molar-refractivity contribution in [1.82, 2.24) is 10.1 Å². The summed E-state index contributed by atoms with van der Waals surface area (Å²) in [6.45, 7) is 0. The van der Waals surface area contributed by atoms with Gasteiger partial charge in [0.25, 0.3) is 5.89 Å². The summed E-state index contributed by atoms with van der Waals surface area (Å²) in [5, 5.41) is 11.3. The van der Waals surface area contributed by atoms with E-state index in [1.165, 1.54) is 0 Å². The largest absolute Gasteiger partial charge is 0.480 e. The number of nitrogens with zero attached hydrogens (tertiary/aromatic N) is 2. The lowest BCUT2D eigenvalue weighted by Crippen LogP contribution is -2.33. The van der Waals surface area contributed by atoms with Crippen molar-refractivity contribution in [3.05, 3.63) is 36.2 Å². The number of carbonyl (C=O) groups is 2. The first-order valence-electron chi connectivity index (χ1n) is 8.23. The maximum atomic E-state index is 12.2. The Labute approximate surface area is 150 Å². The fraction of sp³-hybridized carbons (Fsp3) is 0.412. The lowest BCUT2D eigenvalue weighted by Gasteiger charge is -2.12. The highest BCUT2D eigenvalue weighted by Gasteiger charge is 2.37. The van der Waals surface area contributed by atoms with Gasteiger partial charge in [-0.3, -0.25) is 9.59 Å². The third-order valence-corrected chi connectivity index (χ3v) is 6.44. The molecule has 1 unspecified atom stereocenters. The molecule has 1 aromatic heterocycles. The molecule has 1 aliphatic carbocycles. The summed E-state index contributed by atoms with van der Waals surface area (Å²) >= 11 is 0. The first-order chi connectivity index (χ1) is 12.4. The summed E-state index contributed by atoms with van der Waals surface area (Å²) < 4.78 is 29.5. The highest BCUT2D eigenvalue weighted by Crippen LogP contribution is 2.32. The lowest BCUT2D eigenvalue weighted by molar-refractivity contribution is -0.136. The van der Waals surface area contributed by atoms with Crippen LogP contribution in [0.5, 0.6) is 0 Å². The number of carboxylic acids is 1. The van der Waals surface area contributed by atoms with E-state index in [9.17, 15) is 23.1 Å². The molecule has 1 aliphatic rings. The van der Waals surface area contributed by atoms with E-state index in [2.05, 4.69) is 10.1 Å². The van der Waals surface area contributed by atoms with Gasteiger partial charge < -0.3 is 9.63 Å². The number of Topliss-reactive ketones (excluding diaryl/α,β-unsaturated/α-hetero) is 1. The topological polar surface area (TPSA) is 127 Å². The number of carbonyl (C=O) groups excluding carboxylic acids is 1. The van der Waals surface area contributed by atoms with Gasteiger partial charge in [-0.2, -0.15) is 4.98 Å². The minimum absolute atomic E-state index is 0.0446. The molecule has 1 N–H and O–H groups in total. The summed E-state index contributed by atoms with van der Waals surface area (Å²) in [4.78, 5) is 27.6. The van der Waals surface area contributed by atoms with E-state index in [0.717, 1.165) is 12.8 Å². The number of ketones is 1. The molecule has 9 heteroatoms. The highest BCUT2D eigenvalue weighted by molar-refractivity contribution is 7.92. The van der Waals surface area contributed by atoms with Gasteiger partial charge in [0, 0.05) is 12.0 Å². The molecule has 0 amide bonds. The number of rotatable bonds is 9. The Balaban J connectivity index is 1.65. The second kappa shape index (κ2) is 7.36. The van der Waals surface area contributed by atoms with E-state index in [-0.39, 0.29) is 36.2 Å². The van der Waals surface area contributed by atoms with E-state index < -0.39 is 26.8 Å². The maximum Gasteiger partial charge on any atom is 0.321 e. The second-order valence-corrected chi connectivity index (χ2v) is 8.58. The molecule has 0 bridgehead atoms. The van der Waals surface area contributed by atoms with Gasteiger partial charge in [-0.1, -0.05) is 23.4 Å². The zero-order valence-electron chi connectivity index (χ0n) is 13.9. The Bertz CT molecular complexity index is 902. The number of aromatic nitrogens is 2. The van der Waals surface area contributed by atoms with Crippen molar-refractivity contribution in [2.45, 2.75) is 30.9 Å². The molecule has 3 rings (SSSR count). The van der Waals surface area contributed by atoms with E-state index in [1.54, 1.807) is 24.3 Å². The van der Waals surface area contributed by atoms with Crippen molar-refractivity contribution in [3.63, 3.8) is 0 Å². The quantitative estimate of drug-likeness (QED) is 0.656. The Morgan fingerprint density at radius 1 is 1.23 bits per heavy atom. The van der Waals surface area contributed by atoms with E-state index >= 15 is 0 Å². The van der Waals surface area contributed by atoms with Crippen LogP contribution < -0.4 is 0 Å².